The second-order valence-corrected chi connectivity index (χ2v) is 13.0. The molecule has 9 atom stereocenters. The number of aliphatic hydroxyl groups is 1. The lowest BCUT2D eigenvalue weighted by Crippen LogP contribution is -2.54. The van der Waals surface area contributed by atoms with Crippen LogP contribution in [0.15, 0.2) is 23.2 Å². The molecule has 0 spiro atoms. The zero-order valence-corrected chi connectivity index (χ0v) is 24.7. The number of benzene rings is 1. The van der Waals surface area contributed by atoms with E-state index in [1.807, 2.05) is 6.07 Å². The summed E-state index contributed by atoms with van der Waals surface area (Å²) in [5, 5.41) is 24.7. The molecule has 2 saturated heterocycles. The Morgan fingerprint density at radius 1 is 1.12 bits per heavy atom. The van der Waals surface area contributed by atoms with E-state index >= 15 is 0 Å². The fourth-order valence-corrected chi connectivity index (χ4v) is 7.89. The van der Waals surface area contributed by atoms with E-state index in [9.17, 15) is 15.0 Å². The molecule has 3 fully saturated rings. The second kappa shape index (κ2) is 13.6. The molecular weight excluding hydrogens is 522 g/mol. The Balaban J connectivity index is 1.21. The number of ether oxygens (including phenoxy) is 2. The first kappa shape index (κ1) is 29.9. The Hall–Kier alpha value is -2.56. The van der Waals surface area contributed by atoms with Crippen molar-refractivity contribution in [1.29, 1.82) is 0 Å². The molecule has 1 aliphatic carbocycles. The first-order valence-electron chi connectivity index (χ1n) is 15.4. The number of hydrogen-bond donors (Lipinski definition) is 4. The molecule has 4 bridgehead atoms. The molecule has 10 nitrogen and oxygen atoms in total. The highest BCUT2D eigenvalue weighted by molar-refractivity contribution is 5.77. The number of fused-ring (bicyclic) bond motifs is 3. The monoisotopic (exact) mass is 571 g/mol. The van der Waals surface area contributed by atoms with Gasteiger partial charge in [-0.05, 0) is 85.8 Å². The van der Waals surface area contributed by atoms with Crippen molar-refractivity contribution in [3.05, 3.63) is 23.8 Å². The summed E-state index contributed by atoms with van der Waals surface area (Å²) < 4.78 is 10.9. The van der Waals surface area contributed by atoms with Gasteiger partial charge < -0.3 is 35.6 Å². The third-order valence-corrected chi connectivity index (χ3v) is 9.77. The number of piperidine rings is 2. The minimum atomic E-state index is -0.551. The number of aliphatic imine (C=N–C) groups is 1. The number of nitrogens with two attached hydrogens (primary N) is 1. The summed E-state index contributed by atoms with van der Waals surface area (Å²) >= 11 is 0. The average Bonchev–Trinajstić information content (AvgIpc) is 2.94. The molecule has 0 aromatic heterocycles. The maximum atomic E-state index is 11.9. The number of hydrogen-bond acceptors (Lipinski definition) is 10. The highest BCUT2D eigenvalue weighted by Gasteiger charge is 2.39. The normalized spacial score (nSPS) is 33.1. The van der Waals surface area contributed by atoms with Gasteiger partial charge in [0.25, 0.3) is 0 Å². The standard InChI is InChI=1S/C31H49N5O5/c1-20(37)41-27(7-3-21-4-8-28(38)30(10-21)40-2)12-29(39)24-5-6-25-18-35-14-22-9-23(15-35)17-36(16-22)19-34-31(32)33-13-26(25)11-24/h4,8,10,22-27,29,38-39H,3,5-7,9,11-19H2,1-2H3,(H3,32,33,34)/t22-,23+,24-,25-,26-,27-,29-/m1/s1. The van der Waals surface area contributed by atoms with Crippen molar-refractivity contribution < 1.29 is 24.5 Å². The van der Waals surface area contributed by atoms with E-state index < -0.39 is 6.10 Å². The minimum absolute atomic E-state index is 0.0956. The molecule has 1 aromatic carbocycles. The topological polar surface area (TPSA) is 133 Å². The number of phenols is 1. The van der Waals surface area contributed by atoms with Crippen LogP contribution in [0.25, 0.3) is 0 Å². The highest BCUT2D eigenvalue weighted by atomic mass is 16.5. The number of carbonyl (C=O) groups excluding carboxylic acids is 1. The van der Waals surface area contributed by atoms with Gasteiger partial charge >= 0.3 is 5.97 Å². The number of aromatic hydroxyl groups is 1. The number of nitrogens with zero attached hydrogens (tertiary/aromatic N) is 3. The largest absolute Gasteiger partial charge is 0.504 e. The SMILES string of the molecule is COc1cc(CC[C@H](C[C@@H](O)[C@@H]2CC[C@@H]3CN4C[C@@H]5C[C@@H](CN(CN=C(N)NC[C@H]3C2)C5)C4)OC(C)=O)ccc1O. The van der Waals surface area contributed by atoms with Gasteiger partial charge in [-0.25, -0.2) is 4.99 Å². The summed E-state index contributed by atoms with van der Waals surface area (Å²) in [6.07, 6.45) is 5.02. The van der Waals surface area contributed by atoms with Crippen LogP contribution in [0.2, 0.25) is 0 Å². The lowest BCUT2D eigenvalue weighted by atomic mass is 9.71. The smallest absolute Gasteiger partial charge is 0.302 e. The molecule has 2 unspecified atom stereocenters. The number of aliphatic hydroxyl groups excluding tert-OH is 1. The first-order valence-corrected chi connectivity index (χ1v) is 15.4. The first-order chi connectivity index (χ1) is 19.7. The molecule has 0 radical (unpaired) electrons. The third-order valence-electron chi connectivity index (χ3n) is 9.77. The molecule has 1 saturated carbocycles. The van der Waals surface area contributed by atoms with Gasteiger partial charge in [-0.15, -0.1) is 0 Å². The van der Waals surface area contributed by atoms with Crippen molar-refractivity contribution in [2.75, 3.05) is 53.0 Å². The quantitative estimate of drug-likeness (QED) is 0.347. The van der Waals surface area contributed by atoms with Gasteiger partial charge in [0.05, 0.1) is 19.9 Å². The molecule has 5 aliphatic rings. The molecule has 0 amide bonds. The summed E-state index contributed by atoms with van der Waals surface area (Å²) in [6.45, 7) is 8.52. The summed E-state index contributed by atoms with van der Waals surface area (Å²) in [4.78, 5) is 21.7. The summed E-state index contributed by atoms with van der Waals surface area (Å²) in [5.74, 6) is 3.22. The van der Waals surface area contributed by atoms with E-state index in [1.165, 1.54) is 33.5 Å². The van der Waals surface area contributed by atoms with E-state index in [0.717, 1.165) is 51.0 Å². The van der Waals surface area contributed by atoms with Crippen molar-refractivity contribution in [2.45, 2.75) is 64.1 Å². The van der Waals surface area contributed by atoms with Gasteiger partial charge in [-0.1, -0.05) is 6.07 Å². The lowest BCUT2D eigenvalue weighted by Gasteiger charge is -2.47. The predicted octanol–water partition coefficient (Wildman–Crippen LogP) is 2.18. The Kier molecular flexibility index (Phi) is 9.93. The fourth-order valence-electron chi connectivity index (χ4n) is 7.89. The number of carbonyl (C=O) groups is 1. The third kappa shape index (κ3) is 8.05. The van der Waals surface area contributed by atoms with Crippen LogP contribution in [0, 0.1) is 29.6 Å². The Morgan fingerprint density at radius 3 is 2.61 bits per heavy atom. The van der Waals surface area contributed by atoms with Gasteiger partial charge in [-0.2, -0.15) is 0 Å². The fraction of sp³-hybridized carbons (Fsp3) is 0.742. The zero-order chi connectivity index (χ0) is 28.9. The van der Waals surface area contributed by atoms with Crippen LogP contribution in [0.4, 0.5) is 0 Å². The van der Waals surface area contributed by atoms with Crippen molar-refractivity contribution in [3.8, 4) is 11.5 Å². The molecule has 5 N–H and O–H groups in total. The number of phenolic OH excluding ortho intramolecular Hbond substituents is 1. The van der Waals surface area contributed by atoms with Gasteiger partial charge in [0, 0.05) is 52.6 Å². The molecule has 4 aliphatic heterocycles. The Labute approximate surface area is 244 Å². The number of aryl methyl sites for hydroxylation is 1. The summed E-state index contributed by atoms with van der Waals surface area (Å²) in [6, 6.07) is 5.26. The predicted molar refractivity (Wildman–Crippen MR) is 158 cm³/mol. The molecule has 1 aromatic rings. The van der Waals surface area contributed by atoms with Crippen molar-refractivity contribution in [2.24, 2.45) is 40.3 Å². The molecular formula is C31H49N5O5. The van der Waals surface area contributed by atoms with Crippen molar-refractivity contribution in [1.82, 2.24) is 15.1 Å². The number of guanidine groups is 1. The average molecular weight is 572 g/mol. The van der Waals surface area contributed by atoms with Crippen LogP contribution in [0.1, 0.15) is 51.0 Å². The van der Waals surface area contributed by atoms with Crippen LogP contribution in [-0.4, -0.2) is 97.2 Å². The van der Waals surface area contributed by atoms with Crippen molar-refractivity contribution in [3.63, 3.8) is 0 Å². The maximum absolute atomic E-state index is 11.9. The van der Waals surface area contributed by atoms with Crippen LogP contribution in [0.3, 0.4) is 0 Å². The van der Waals surface area contributed by atoms with Gasteiger partial charge in [0.1, 0.15) is 6.10 Å². The Morgan fingerprint density at radius 2 is 1.88 bits per heavy atom. The van der Waals surface area contributed by atoms with Crippen molar-refractivity contribution >= 4 is 11.9 Å². The maximum Gasteiger partial charge on any atom is 0.302 e. The molecule has 41 heavy (non-hydrogen) atoms. The molecule has 10 heteroatoms. The summed E-state index contributed by atoms with van der Waals surface area (Å²) in [5.41, 5.74) is 7.27. The number of methoxy groups -OCH3 is 1. The van der Waals surface area contributed by atoms with E-state index in [4.69, 9.17) is 15.2 Å². The van der Waals surface area contributed by atoms with Crippen LogP contribution in [-0.2, 0) is 16.0 Å². The van der Waals surface area contributed by atoms with Gasteiger partial charge in [0.15, 0.2) is 17.5 Å². The van der Waals surface area contributed by atoms with E-state index in [-0.39, 0.29) is 23.7 Å². The number of nitrogens with one attached hydrogen (secondary N) is 1. The van der Waals surface area contributed by atoms with Crippen LogP contribution in [0.5, 0.6) is 11.5 Å². The van der Waals surface area contributed by atoms with Crippen LogP contribution < -0.4 is 15.8 Å². The number of esters is 1. The van der Waals surface area contributed by atoms with E-state index in [2.05, 4.69) is 20.1 Å². The van der Waals surface area contributed by atoms with Gasteiger partial charge in [0.2, 0.25) is 0 Å². The molecule has 228 valence electrons. The zero-order valence-electron chi connectivity index (χ0n) is 24.7. The number of rotatable bonds is 8. The van der Waals surface area contributed by atoms with Crippen LogP contribution >= 0.6 is 0 Å². The summed E-state index contributed by atoms with van der Waals surface area (Å²) in [7, 11) is 1.52. The highest BCUT2D eigenvalue weighted by Crippen LogP contribution is 2.39. The minimum Gasteiger partial charge on any atom is -0.504 e. The lowest BCUT2D eigenvalue weighted by molar-refractivity contribution is -0.148. The molecule has 6 rings (SSSR count). The van der Waals surface area contributed by atoms with E-state index in [1.54, 1.807) is 12.1 Å². The molecule has 4 heterocycles. The van der Waals surface area contributed by atoms with Gasteiger partial charge in [-0.3, -0.25) is 9.69 Å². The second-order valence-electron chi connectivity index (χ2n) is 13.0. The Bertz CT molecular complexity index is 1060. The van der Waals surface area contributed by atoms with E-state index in [0.29, 0.717) is 61.3 Å².